The van der Waals surface area contributed by atoms with Gasteiger partial charge >= 0.3 is 0 Å². The van der Waals surface area contributed by atoms with Gasteiger partial charge in [-0.2, -0.15) is 0 Å². The van der Waals surface area contributed by atoms with Crippen LogP contribution in [0.15, 0.2) is 224 Å². The number of benzene rings is 10. The van der Waals surface area contributed by atoms with Gasteiger partial charge in [0, 0.05) is 42.5 Å². The molecule has 2 heteroatoms. The van der Waals surface area contributed by atoms with Crippen molar-refractivity contribution in [2.75, 3.05) is 4.90 Å². The molecule has 0 fully saturated rings. The van der Waals surface area contributed by atoms with Crippen molar-refractivity contribution in [1.82, 2.24) is 0 Å². The second-order valence-electron chi connectivity index (χ2n) is 18.0. The lowest BCUT2D eigenvalue weighted by Gasteiger charge is -2.34. The fourth-order valence-electron chi connectivity index (χ4n) is 11.5. The fraction of sp³-hybridized carbons (Fsp3) is 0.0645. The maximum atomic E-state index is 2.52. The monoisotopic (exact) mass is 833 g/mol. The Balaban J connectivity index is 1.04. The minimum Gasteiger partial charge on any atom is -0.310 e. The van der Waals surface area contributed by atoms with E-state index in [1.165, 1.54) is 97.7 Å². The van der Waals surface area contributed by atoms with Crippen LogP contribution in [0.4, 0.5) is 17.1 Å². The van der Waals surface area contributed by atoms with Gasteiger partial charge in [0.1, 0.15) is 0 Å². The van der Waals surface area contributed by atoms with Gasteiger partial charge in [0.15, 0.2) is 0 Å². The maximum Gasteiger partial charge on any atom is 0.0714 e. The second-order valence-corrected chi connectivity index (χ2v) is 19.0. The quantitative estimate of drug-likeness (QED) is 0.161. The molecule has 0 saturated carbocycles. The molecule has 2 aliphatic carbocycles. The highest BCUT2D eigenvalue weighted by molar-refractivity contribution is 7.27. The number of rotatable bonds is 6. The minimum atomic E-state index is -0.504. The van der Waals surface area contributed by atoms with Crippen LogP contribution in [0.3, 0.4) is 0 Å². The molecule has 0 spiro atoms. The fourth-order valence-corrected chi connectivity index (χ4v) is 12.8. The van der Waals surface area contributed by atoms with Crippen LogP contribution in [0.25, 0.3) is 64.3 Å². The Morgan fingerprint density at radius 3 is 1.73 bits per heavy atom. The molecule has 0 bridgehead atoms. The summed E-state index contributed by atoms with van der Waals surface area (Å²) in [6.07, 6.45) is 0. The Bertz CT molecular complexity index is 3590. The Hall–Kier alpha value is -7.52. The van der Waals surface area contributed by atoms with Crippen molar-refractivity contribution >= 4 is 59.3 Å². The van der Waals surface area contributed by atoms with Crippen molar-refractivity contribution in [2.24, 2.45) is 0 Å². The van der Waals surface area contributed by atoms with Gasteiger partial charge in [-0.15, -0.1) is 11.3 Å². The largest absolute Gasteiger partial charge is 0.310 e. The van der Waals surface area contributed by atoms with Crippen LogP contribution in [-0.4, -0.2) is 0 Å². The highest BCUT2D eigenvalue weighted by atomic mass is 32.1. The molecule has 10 aromatic carbocycles. The lowest BCUT2D eigenvalue weighted by molar-refractivity contribution is 0.660. The molecule has 64 heavy (non-hydrogen) atoms. The first-order valence-corrected chi connectivity index (χ1v) is 23.2. The zero-order chi connectivity index (χ0) is 42.6. The standard InChI is InChI=1S/C62H43NS/c1-61(2)53-27-13-11-23-48(53)49-38-36-45(39-56(49)61)63(44-34-31-41(32-35-44)47-25-15-26-50-51-37-33-40-17-9-10-22-46(40)60(51)64-59(47)50)57-30-16-29-55-58(57)52-24-12-14-28-54(52)62(55,42-18-5-3-6-19-42)43-20-7-4-8-21-43/h3-39H,1-2H3. The summed E-state index contributed by atoms with van der Waals surface area (Å²) in [5, 5.41) is 5.24. The molecule has 0 radical (unpaired) electrons. The predicted octanol–water partition coefficient (Wildman–Crippen LogP) is 17.0. The molecule has 11 aromatic rings. The SMILES string of the molecule is CC1(C)c2ccccc2-c2ccc(N(c3ccc(-c4cccc5c4sc4c6ccccc6ccc54)cc3)c3cccc4c3-c3ccccc3C4(c3ccccc3)c3ccccc3)cc21. The van der Waals surface area contributed by atoms with Crippen LogP contribution < -0.4 is 4.90 Å². The number of nitrogens with zero attached hydrogens (tertiary/aromatic N) is 1. The molecule has 13 rings (SSSR count). The van der Waals surface area contributed by atoms with E-state index in [1.807, 2.05) is 11.3 Å². The summed E-state index contributed by atoms with van der Waals surface area (Å²) >= 11 is 1.92. The van der Waals surface area contributed by atoms with Crippen LogP contribution >= 0.6 is 11.3 Å². The lowest BCUT2D eigenvalue weighted by Crippen LogP contribution is -2.28. The van der Waals surface area contributed by atoms with E-state index >= 15 is 0 Å². The van der Waals surface area contributed by atoms with Crippen molar-refractivity contribution in [3.63, 3.8) is 0 Å². The molecule has 0 aliphatic heterocycles. The normalized spacial score (nSPS) is 14.0. The molecular weight excluding hydrogens is 791 g/mol. The van der Waals surface area contributed by atoms with Crippen LogP contribution in [0.5, 0.6) is 0 Å². The van der Waals surface area contributed by atoms with Gasteiger partial charge in [-0.1, -0.05) is 208 Å². The van der Waals surface area contributed by atoms with Gasteiger partial charge in [0.2, 0.25) is 0 Å². The Kier molecular flexibility index (Phi) is 8.11. The van der Waals surface area contributed by atoms with E-state index in [0.717, 1.165) is 17.1 Å². The van der Waals surface area contributed by atoms with E-state index in [-0.39, 0.29) is 5.41 Å². The molecule has 0 saturated heterocycles. The van der Waals surface area contributed by atoms with E-state index in [9.17, 15) is 0 Å². The van der Waals surface area contributed by atoms with Gasteiger partial charge in [0.05, 0.1) is 11.1 Å². The Morgan fingerprint density at radius 1 is 0.375 bits per heavy atom. The third-order valence-electron chi connectivity index (χ3n) is 14.4. The van der Waals surface area contributed by atoms with Crippen LogP contribution in [0.1, 0.15) is 47.2 Å². The number of anilines is 3. The van der Waals surface area contributed by atoms with E-state index < -0.39 is 5.41 Å². The van der Waals surface area contributed by atoms with Crippen molar-refractivity contribution < 1.29 is 0 Å². The minimum absolute atomic E-state index is 0.146. The molecule has 0 unspecified atom stereocenters. The summed E-state index contributed by atoms with van der Waals surface area (Å²) < 4.78 is 2.68. The summed E-state index contributed by atoms with van der Waals surface area (Å²) in [4.78, 5) is 2.52. The molecule has 302 valence electrons. The lowest BCUT2D eigenvalue weighted by atomic mass is 9.68. The highest BCUT2D eigenvalue weighted by Gasteiger charge is 2.47. The van der Waals surface area contributed by atoms with E-state index in [2.05, 4.69) is 243 Å². The zero-order valence-corrected chi connectivity index (χ0v) is 36.5. The number of hydrogen-bond donors (Lipinski definition) is 0. The highest BCUT2D eigenvalue weighted by Crippen LogP contribution is 2.60. The molecular formula is C62H43NS. The second kappa shape index (κ2) is 14.0. The van der Waals surface area contributed by atoms with Crippen molar-refractivity contribution in [2.45, 2.75) is 24.7 Å². The predicted molar refractivity (Wildman–Crippen MR) is 272 cm³/mol. The molecule has 1 nitrogen and oxygen atoms in total. The van der Waals surface area contributed by atoms with Crippen molar-refractivity contribution in [1.29, 1.82) is 0 Å². The van der Waals surface area contributed by atoms with Gasteiger partial charge in [0.25, 0.3) is 0 Å². The summed E-state index contributed by atoms with van der Waals surface area (Å²) in [5.41, 5.74) is 18.3. The molecule has 0 N–H and O–H groups in total. The zero-order valence-electron chi connectivity index (χ0n) is 35.7. The maximum absolute atomic E-state index is 2.52. The first-order chi connectivity index (χ1) is 31.5. The van der Waals surface area contributed by atoms with Gasteiger partial charge in [-0.05, 0) is 102 Å². The summed E-state index contributed by atoms with van der Waals surface area (Å²) in [6.45, 7) is 4.76. The smallest absolute Gasteiger partial charge is 0.0714 e. The van der Waals surface area contributed by atoms with Gasteiger partial charge in [-0.3, -0.25) is 0 Å². The number of thiophene rings is 1. The van der Waals surface area contributed by atoms with E-state index in [1.54, 1.807) is 0 Å². The van der Waals surface area contributed by atoms with E-state index in [0.29, 0.717) is 0 Å². The summed E-state index contributed by atoms with van der Waals surface area (Å²) in [7, 11) is 0. The van der Waals surface area contributed by atoms with Crippen molar-refractivity contribution in [3.8, 4) is 33.4 Å². The number of fused-ring (bicyclic) bond motifs is 11. The average Bonchev–Trinajstić information content (AvgIpc) is 3.97. The third-order valence-corrected chi connectivity index (χ3v) is 15.6. The topological polar surface area (TPSA) is 3.24 Å². The van der Waals surface area contributed by atoms with Crippen LogP contribution in [-0.2, 0) is 10.8 Å². The summed E-state index contributed by atoms with van der Waals surface area (Å²) in [5.74, 6) is 0. The third kappa shape index (κ3) is 5.18. The van der Waals surface area contributed by atoms with Gasteiger partial charge < -0.3 is 4.90 Å². The Labute approximate surface area is 378 Å². The van der Waals surface area contributed by atoms with E-state index in [4.69, 9.17) is 0 Å². The molecule has 0 atom stereocenters. The van der Waals surface area contributed by atoms with Crippen LogP contribution in [0, 0.1) is 0 Å². The summed E-state index contributed by atoms with van der Waals surface area (Å²) in [6, 6.07) is 83.9. The first-order valence-electron chi connectivity index (χ1n) is 22.3. The molecule has 1 heterocycles. The number of hydrogen-bond acceptors (Lipinski definition) is 2. The van der Waals surface area contributed by atoms with Crippen LogP contribution in [0.2, 0.25) is 0 Å². The molecule has 0 amide bonds. The van der Waals surface area contributed by atoms with Gasteiger partial charge in [-0.25, -0.2) is 0 Å². The average molecular weight is 834 g/mol. The Morgan fingerprint density at radius 2 is 0.953 bits per heavy atom. The molecule has 2 aliphatic rings. The first kappa shape index (κ1) is 37.1. The van der Waals surface area contributed by atoms with Crippen molar-refractivity contribution in [3.05, 3.63) is 258 Å². The molecule has 1 aromatic heterocycles.